The molecule has 2 nitrogen and oxygen atoms in total. The number of hydrogen-bond donors (Lipinski definition) is 1. The lowest BCUT2D eigenvalue weighted by Crippen LogP contribution is -2.06. The van der Waals surface area contributed by atoms with Crippen molar-refractivity contribution in [2.45, 2.75) is 12.6 Å². The van der Waals surface area contributed by atoms with Gasteiger partial charge in [0.1, 0.15) is 0 Å². The number of rotatable bonds is 3. The molecule has 0 aliphatic heterocycles. The van der Waals surface area contributed by atoms with Crippen molar-refractivity contribution < 1.29 is 13.2 Å². The fraction of sp³-hybridized carbons (Fsp3) is 0.300. The Balaban J connectivity index is 2.71. The lowest BCUT2D eigenvalue weighted by molar-refractivity contribution is -0.137. The van der Waals surface area contributed by atoms with Crippen LogP contribution in [0.25, 0.3) is 0 Å². The predicted octanol–water partition coefficient (Wildman–Crippen LogP) is 3.03. The van der Waals surface area contributed by atoms with E-state index in [0.717, 1.165) is 12.1 Å². The van der Waals surface area contributed by atoms with Crippen LogP contribution in [0.15, 0.2) is 24.3 Å². The first kappa shape index (κ1) is 11.4. The van der Waals surface area contributed by atoms with Crippen LogP contribution in [0.1, 0.15) is 12.0 Å². The summed E-state index contributed by atoms with van der Waals surface area (Å²) in [6, 6.07) is 6.80. The van der Waals surface area contributed by atoms with Crippen molar-refractivity contribution in [3.63, 3.8) is 0 Å². The van der Waals surface area contributed by atoms with Gasteiger partial charge in [-0.3, -0.25) is 0 Å². The number of halogens is 3. The van der Waals surface area contributed by atoms with Crippen molar-refractivity contribution in [1.82, 2.24) is 0 Å². The molecule has 0 aliphatic carbocycles. The predicted molar refractivity (Wildman–Crippen MR) is 50.2 cm³/mol. The van der Waals surface area contributed by atoms with Gasteiger partial charge in [0.15, 0.2) is 0 Å². The largest absolute Gasteiger partial charge is 0.416 e. The minimum Gasteiger partial charge on any atom is -0.384 e. The summed E-state index contributed by atoms with van der Waals surface area (Å²) in [7, 11) is 0. The van der Waals surface area contributed by atoms with E-state index >= 15 is 0 Å². The number of anilines is 1. The van der Waals surface area contributed by atoms with Gasteiger partial charge in [-0.1, -0.05) is 6.07 Å². The standard InChI is InChI=1S/C10H9F3N2/c11-10(12,13)8-3-1-4-9(7-8)15-6-2-5-14/h1,3-4,7,15H,2,6H2. The fourth-order valence-corrected chi connectivity index (χ4v) is 1.07. The maximum absolute atomic E-state index is 12.3. The monoisotopic (exact) mass is 214 g/mol. The summed E-state index contributed by atoms with van der Waals surface area (Å²) in [6.07, 6.45) is -4.07. The highest BCUT2D eigenvalue weighted by atomic mass is 19.4. The minimum absolute atomic E-state index is 0.260. The average molecular weight is 214 g/mol. The van der Waals surface area contributed by atoms with E-state index in [1.165, 1.54) is 12.1 Å². The van der Waals surface area contributed by atoms with E-state index in [1.807, 2.05) is 6.07 Å². The summed E-state index contributed by atoms with van der Waals surface area (Å²) in [6.45, 7) is 0.345. The van der Waals surface area contributed by atoms with Gasteiger partial charge in [0.05, 0.1) is 18.1 Å². The maximum atomic E-state index is 12.3. The number of nitrogens with one attached hydrogen (secondary N) is 1. The maximum Gasteiger partial charge on any atom is 0.416 e. The highest BCUT2D eigenvalue weighted by Gasteiger charge is 2.30. The van der Waals surface area contributed by atoms with Crippen LogP contribution < -0.4 is 5.32 Å². The summed E-state index contributed by atoms with van der Waals surface area (Å²) >= 11 is 0. The number of hydrogen-bond acceptors (Lipinski definition) is 2. The number of alkyl halides is 3. The summed E-state index contributed by atoms with van der Waals surface area (Å²) in [5.41, 5.74) is -0.315. The third-order valence-electron chi connectivity index (χ3n) is 1.76. The van der Waals surface area contributed by atoms with Crippen molar-refractivity contribution in [2.24, 2.45) is 0 Å². The molecule has 15 heavy (non-hydrogen) atoms. The van der Waals surface area contributed by atoms with Crippen molar-refractivity contribution in [3.05, 3.63) is 29.8 Å². The van der Waals surface area contributed by atoms with Gasteiger partial charge < -0.3 is 5.32 Å². The minimum atomic E-state index is -4.33. The second-order valence-corrected chi connectivity index (χ2v) is 2.91. The Hall–Kier alpha value is -1.70. The molecule has 0 saturated carbocycles. The van der Waals surface area contributed by atoms with Crippen LogP contribution in [-0.4, -0.2) is 6.54 Å². The summed E-state index contributed by atoms with van der Waals surface area (Å²) in [5.74, 6) is 0. The van der Waals surface area contributed by atoms with Gasteiger partial charge in [0, 0.05) is 12.2 Å². The van der Waals surface area contributed by atoms with Crippen LogP contribution in [0.4, 0.5) is 18.9 Å². The first-order chi connectivity index (χ1) is 7.04. The molecule has 0 saturated heterocycles. The molecule has 0 heterocycles. The molecule has 0 spiro atoms. The van der Waals surface area contributed by atoms with E-state index in [1.54, 1.807) is 0 Å². The Bertz CT molecular complexity index is 366. The summed E-state index contributed by atoms with van der Waals surface area (Å²) < 4.78 is 36.8. The molecule has 0 unspecified atom stereocenters. The average Bonchev–Trinajstić information content (AvgIpc) is 2.17. The Morgan fingerprint density at radius 1 is 1.33 bits per heavy atom. The number of nitriles is 1. The second kappa shape index (κ2) is 4.69. The zero-order valence-corrected chi connectivity index (χ0v) is 7.80. The molecule has 0 bridgehead atoms. The summed E-state index contributed by atoms with van der Waals surface area (Å²) in [5, 5.41) is 11.0. The van der Waals surface area contributed by atoms with Gasteiger partial charge in [-0.2, -0.15) is 18.4 Å². The van der Waals surface area contributed by atoms with Crippen molar-refractivity contribution in [3.8, 4) is 6.07 Å². The van der Waals surface area contributed by atoms with Gasteiger partial charge in [-0.05, 0) is 18.2 Å². The molecule has 0 fully saturated rings. The van der Waals surface area contributed by atoms with Gasteiger partial charge in [0.25, 0.3) is 0 Å². The molecule has 1 aromatic carbocycles. The Kier molecular flexibility index (Phi) is 3.56. The van der Waals surface area contributed by atoms with Crippen LogP contribution in [0.5, 0.6) is 0 Å². The first-order valence-corrected chi connectivity index (χ1v) is 4.32. The fourth-order valence-electron chi connectivity index (χ4n) is 1.07. The molecule has 80 valence electrons. The van der Waals surface area contributed by atoms with Gasteiger partial charge in [-0.15, -0.1) is 0 Å². The highest BCUT2D eigenvalue weighted by Crippen LogP contribution is 2.30. The normalized spacial score (nSPS) is 10.8. The van der Waals surface area contributed by atoms with Crippen molar-refractivity contribution in [2.75, 3.05) is 11.9 Å². The van der Waals surface area contributed by atoms with Gasteiger partial charge >= 0.3 is 6.18 Å². The third-order valence-corrected chi connectivity index (χ3v) is 1.76. The molecular weight excluding hydrogens is 205 g/mol. The van der Waals surface area contributed by atoms with Crippen molar-refractivity contribution in [1.29, 1.82) is 5.26 Å². The van der Waals surface area contributed by atoms with Gasteiger partial charge in [0.2, 0.25) is 0 Å². The first-order valence-electron chi connectivity index (χ1n) is 4.32. The van der Waals surface area contributed by atoms with E-state index in [-0.39, 0.29) is 6.42 Å². The topological polar surface area (TPSA) is 35.8 Å². The lowest BCUT2D eigenvalue weighted by Gasteiger charge is -2.09. The molecule has 0 aromatic heterocycles. The Morgan fingerprint density at radius 3 is 2.67 bits per heavy atom. The van der Waals surface area contributed by atoms with Crippen LogP contribution in [0.3, 0.4) is 0 Å². The molecule has 1 N–H and O–H groups in total. The Labute approximate surface area is 85.3 Å². The molecule has 0 aliphatic rings. The van der Waals surface area contributed by atoms with Crippen LogP contribution in [0, 0.1) is 11.3 Å². The highest BCUT2D eigenvalue weighted by molar-refractivity contribution is 5.46. The van der Waals surface area contributed by atoms with E-state index in [0.29, 0.717) is 12.2 Å². The van der Waals surface area contributed by atoms with Crippen molar-refractivity contribution >= 4 is 5.69 Å². The molecule has 1 aromatic rings. The number of nitrogens with zero attached hydrogens (tertiary/aromatic N) is 1. The molecule has 0 radical (unpaired) electrons. The van der Waals surface area contributed by atoms with Crippen LogP contribution >= 0.6 is 0 Å². The molecule has 5 heteroatoms. The van der Waals surface area contributed by atoms with E-state index in [2.05, 4.69) is 5.32 Å². The second-order valence-electron chi connectivity index (χ2n) is 2.91. The third kappa shape index (κ3) is 3.50. The van der Waals surface area contributed by atoms with E-state index < -0.39 is 11.7 Å². The molecule has 1 rings (SSSR count). The quantitative estimate of drug-likeness (QED) is 0.785. The molecule has 0 amide bonds. The lowest BCUT2D eigenvalue weighted by atomic mass is 10.2. The zero-order chi connectivity index (χ0) is 11.3. The molecular formula is C10H9F3N2. The summed E-state index contributed by atoms with van der Waals surface area (Å²) in [4.78, 5) is 0. The SMILES string of the molecule is N#CCCNc1cccc(C(F)(F)F)c1. The Morgan fingerprint density at radius 2 is 2.07 bits per heavy atom. The zero-order valence-electron chi connectivity index (χ0n) is 7.80. The number of benzene rings is 1. The van der Waals surface area contributed by atoms with Gasteiger partial charge in [-0.25, -0.2) is 0 Å². The van der Waals surface area contributed by atoms with E-state index in [9.17, 15) is 13.2 Å². The molecule has 0 atom stereocenters. The van der Waals surface area contributed by atoms with Crippen LogP contribution in [0.2, 0.25) is 0 Å². The smallest absolute Gasteiger partial charge is 0.384 e. The van der Waals surface area contributed by atoms with E-state index in [4.69, 9.17) is 5.26 Å². The van der Waals surface area contributed by atoms with Crippen LogP contribution in [-0.2, 0) is 6.18 Å².